The zero-order valence-electron chi connectivity index (χ0n) is 12.6. The van der Waals surface area contributed by atoms with Gasteiger partial charge < -0.3 is 10.4 Å². The molecule has 0 aliphatic heterocycles. The van der Waals surface area contributed by atoms with Crippen molar-refractivity contribution in [2.24, 2.45) is 0 Å². The van der Waals surface area contributed by atoms with Gasteiger partial charge in [0.2, 0.25) is 0 Å². The van der Waals surface area contributed by atoms with Gasteiger partial charge in [-0.3, -0.25) is 0 Å². The lowest BCUT2D eigenvalue weighted by molar-refractivity contribution is -0.205. The summed E-state index contributed by atoms with van der Waals surface area (Å²) in [6.45, 7) is 0.390. The first-order chi connectivity index (χ1) is 11.0. The molecule has 0 saturated carbocycles. The fraction of sp³-hybridized carbons (Fsp3) is 0.333. The van der Waals surface area contributed by atoms with Crippen LogP contribution in [0.1, 0.15) is 30.0 Å². The number of nitrogens with one attached hydrogen (secondary N) is 1. The first kappa shape index (κ1) is 17.5. The molecule has 0 aliphatic rings. The van der Waals surface area contributed by atoms with Crippen LogP contribution in [0.5, 0.6) is 0 Å². The first-order valence-corrected chi connectivity index (χ1v) is 7.56. The van der Waals surface area contributed by atoms with E-state index in [1.807, 2.05) is 60.7 Å². The van der Waals surface area contributed by atoms with E-state index in [1.165, 1.54) is 0 Å². The van der Waals surface area contributed by atoms with Crippen molar-refractivity contribution in [3.63, 3.8) is 0 Å². The molecule has 0 radical (unpaired) electrons. The van der Waals surface area contributed by atoms with Crippen LogP contribution in [-0.2, 0) is 0 Å². The van der Waals surface area contributed by atoms with Crippen LogP contribution in [0.25, 0.3) is 0 Å². The summed E-state index contributed by atoms with van der Waals surface area (Å²) in [5.41, 5.74) is 2.10. The molecule has 2 aromatic rings. The lowest BCUT2D eigenvalue weighted by atomic mass is 9.98. The second-order valence-electron chi connectivity index (χ2n) is 5.41. The van der Waals surface area contributed by atoms with Gasteiger partial charge in [-0.2, -0.15) is 13.2 Å². The van der Waals surface area contributed by atoms with Crippen molar-refractivity contribution in [2.75, 3.05) is 6.54 Å². The average molecular weight is 323 g/mol. The number of hydrogen-bond acceptors (Lipinski definition) is 2. The second kappa shape index (κ2) is 8.13. The molecule has 0 spiro atoms. The summed E-state index contributed by atoms with van der Waals surface area (Å²) >= 11 is 0. The smallest absolute Gasteiger partial charge is 0.384 e. The third kappa shape index (κ3) is 5.37. The molecule has 124 valence electrons. The van der Waals surface area contributed by atoms with Gasteiger partial charge in [-0.05, 0) is 30.5 Å². The number of alkyl halides is 3. The molecular weight excluding hydrogens is 303 g/mol. The predicted octanol–water partition coefficient (Wildman–Crippen LogP) is 4.07. The highest BCUT2D eigenvalue weighted by Crippen LogP contribution is 2.24. The minimum absolute atomic E-state index is 0.0829. The molecule has 2 rings (SSSR count). The van der Waals surface area contributed by atoms with E-state index >= 15 is 0 Å². The van der Waals surface area contributed by atoms with Gasteiger partial charge in [-0.25, -0.2) is 0 Å². The van der Waals surface area contributed by atoms with Gasteiger partial charge in [0.15, 0.2) is 0 Å². The Morgan fingerprint density at radius 1 is 0.870 bits per heavy atom. The maximum atomic E-state index is 12.3. The van der Waals surface area contributed by atoms with E-state index in [1.54, 1.807) is 0 Å². The van der Waals surface area contributed by atoms with E-state index in [2.05, 4.69) is 5.32 Å². The summed E-state index contributed by atoms with van der Waals surface area (Å²) in [6.07, 6.45) is -6.85. The number of aliphatic hydroxyl groups excluding tert-OH is 1. The average Bonchev–Trinajstić information content (AvgIpc) is 2.55. The Balaban J connectivity index is 1.97. The minimum Gasteiger partial charge on any atom is -0.384 e. The van der Waals surface area contributed by atoms with Crippen LogP contribution in [0.15, 0.2) is 60.7 Å². The monoisotopic (exact) mass is 323 g/mol. The van der Waals surface area contributed by atoms with Crippen LogP contribution in [0.4, 0.5) is 13.2 Å². The number of halogens is 3. The Kier molecular flexibility index (Phi) is 6.19. The van der Waals surface area contributed by atoms with Crippen LogP contribution in [0.3, 0.4) is 0 Å². The standard InChI is InChI=1S/C18H20F3NO/c19-18(20,21)16(23)12-7-13-22-17(14-8-3-1-4-9-14)15-10-5-2-6-11-15/h1-6,8-11,16-17,22-23H,7,12-13H2/t16-/m0/s1. The van der Waals surface area contributed by atoms with Crippen LogP contribution in [-0.4, -0.2) is 23.9 Å². The Morgan fingerprint density at radius 3 is 1.78 bits per heavy atom. The number of benzene rings is 2. The van der Waals surface area contributed by atoms with Crippen molar-refractivity contribution in [1.82, 2.24) is 5.32 Å². The van der Waals surface area contributed by atoms with Crippen molar-refractivity contribution >= 4 is 0 Å². The molecule has 0 saturated heterocycles. The Hall–Kier alpha value is -1.85. The summed E-state index contributed by atoms with van der Waals surface area (Å²) in [4.78, 5) is 0. The molecule has 0 fully saturated rings. The fourth-order valence-electron chi connectivity index (χ4n) is 2.42. The molecule has 23 heavy (non-hydrogen) atoms. The summed E-state index contributed by atoms with van der Waals surface area (Å²) < 4.78 is 36.9. The quantitative estimate of drug-likeness (QED) is 0.753. The molecule has 1 atom stereocenters. The van der Waals surface area contributed by atoms with Gasteiger partial charge in [-0.1, -0.05) is 60.7 Å². The lowest BCUT2D eigenvalue weighted by Gasteiger charge is -2.21. The van der Waals surface area contributed by atoms with E-state index in [0.717, 1.165) is 11.1 Å². The number of aliphatic hydroxyl groups is 1. The maximum Gasteiger partial charge on any atom is 0.414 e. The van der Waals surface area contributed by atoms with Crippen molar-refractivity contribution in [3.05, 3.63) is 71.8 Å². The van der Waals surface area contributed by atoms with E-state index < -0.39 is 12.3 Å². The van der Waals surface area contributed by atoms with Gasteiger partial charge in [0, 0.05) is 0 Å². The van der Waals surface area contributed by atoms with E-state index in [-0.39, 0.29) is 18.9 Å². The summed E-state index contributed by atoms with van der Waals surface area (Å²) in [7, 11) is 0. The van der Waals surface area contributed by atoms with Crippen LogP contribution in [0.2, 0.25) is 0 Å². The van der Waals surface area contributed by atoms with Gasteiger partial charge in [-0.15, -0.1) is 0 Å². The molecule has 5 heteroatoms. The highest BCUT2D eigenvalue weighted by atomic mass is 19.4. The normalized spacial score (nSPS) is 13.3. The molecule has 2 N–H and O–H groups in total. The molecular formula is C18H20F3NO. The first-order valence-electron chi connectivity index (χ1n) is 7.56. The van der Waals surface area contributed by atoms with Gasteiger partial charge >= 0.3 is 6.18 Å². The molecule has 0 heterocycles. The molecule has 2 aromatic carbocycles. The molecule has 0 bridgehead atoms. The van der Waals surface area contributed by atoms with Crippen molar-refractivity contribution in [2.45, 2.75) is 31.2 Å². The number of hydrogen-bond donors (Lipinski definition) is 2. The third-order valence-electron chi connectivity index (χ3n) is 3.65. The van der Waals surface area contributed by atoms with Crippen molar-refractivity contribution in [3.8, 4) is 0 Å². The summed E-state index contributed by atoms with van der Waals surface area (Å²) in [5, 5.41) is 12.3. The zero-order chi connectivity index (χ0) is 16.7. The van der Waals surface area contributed by atoms with E-state index in [4.69, 9.17) is 5.11 Å². The third-order valence-corrected chi connectivity index (χ3v) is 3.65. The van der Waals surface area contributed by atoms with E-state index in [9.17, 15) is 13.2 Å². The van der Waals surface area contributed by atoms with E-state index in [0.29, 0.717) is 6.54 Å². The minimum atomic E-state index is -4.54. The van der Waals surface area contributed by atoms with Crippen molar-refractivity contribution < 1.29 is 18.3 Å². The zero-order valence-corrected chi connectivity index (χ0v) is 12.6. The predicted molar refractivity (Wildman–Crippen MR) is 84.0 cm³/mol. The molecule has 0 amide bonds. The summed E-state index contributed by atoms with van der Waals surface area (Å²) in [6, 6.07) is 19.4. The molecule has 2 nitrogen and oxygen atoms in total. The largest absolute Gasteiger partial charge is 0.414 e. The van der Waals surface area contributed by atoms with Gasteiger partial charge in [0.25, 0.3) is 0 Å². The maximum absolute atomic E-state index is 12.3. The second-order valence-corrected chi connectivity index (χ2v) is 5.41. The van der Waals surface area contributed by atoms with Gasteiger partial charge in [0.05, 0.1) is 6.04 Å². The Bertz CT molecular complexity index is 532. The molecule has 0 unspecified atom stereocenters. The van der Waals surface area contributed by atoms with Crippen LogP contribution in [0, 0.1) is 0 Å². The molecule has 0 aromatic heterocycles. The SMILES string of the molecule is O[C@@H](CCCNC(c1ccccc1)c1ccccc1)C(F)(F)F. The van der Waals surface area contributed by atoms with Crippen molar-refractivity contribution in [1.29, 1.82) is 0 Å². The number of rotatable bonds is 7. The fourth-order valence-corrected chi connectivity index (χ4v) is 2.42. The van der Waals surface area contributed by atoms with Gasteiger partial charge in [0.1, 0.15) is 6.10 Å². The highest BCUT2D eigenvalue weighted by Gasteiger charge is 2.37. The molecule has 0 aliphatic carbocycles. The van der Waals surface area contributed by atoms with Crippen LogP contribution < -0.4 is 5.32 Å². The Labute approximate surface area is 134 Å². The topological polar surface area (TPSA) is 32.3 Å². The lowest BCUT2D eigenvalue weighted by Crippen LogP contribution is -2.30. The summed E-state index contributed by atoms with van der Waals surface area (Å²) in [5.74, 6) is 0. The Morgan fingerprint density at radius 2 is 1.35 bits per heavy atom. The highest BCUT2D eigenvalue weighted by molar-refractivity contribution is 5.31. The van der Waals surface area contributed by atoms with Crippen LogP contribution >= 0.6 is 0 Å².